The smallest absolute Gasteiger partial charge is 0.255 e. The summed E-state index contributed by atoms with van der Waals surface area (Å²) in [7, 11) is 0. The first-order chi connectivity index (χ1) is 14.2. The molecule has 8 nitrogen and oxygen atoms in total. The molecule has 6 atom stereocenters. The molecule has 0 spiro atoms. The van der Waals surface area contributed by atoms with E-state index in [1.807, 2.05) is 50.9 Å². The van der Waals surface area contributed by atoms with Crippen LogP contribution < -0.4 is 0 Å². The van der Waals surface area contributed by atoms with Crippen LogP contribution in [0.5, 0.6) is 0 Å². The van der Waals surface area contributed by atoms with E-state index in [2.05, 4.69) is 4.98 Å². The minimum Gasteiger partial charge on any atom is -0.342 e. The van der Waals surface area contributed by atoms with Crippen LogP contribution >= 0.6 is 0 Å². The molecule has 0 radical (unpaired) electrons. The Hall–Kier alpha value is -1.58. The Morgan fingerprint density at radius 2 is 1.77 bits per heavy atom. The van der Waals surface area contributed by atoms with Crippen molar-refractivity contribution in [2.75, 3.05) is 6.54 Å². The van der Waals surface area contributed by atoms with Crippen LogP contribution in [0, 0.1) is 0 Å². The van der Waals surface area contributed by atoms with Gasteiger partial charge in [0.25, 0.3) is 5.91 Å². The van der Waals surface area contributed by atoms with E-state index in [-0.39, 0.29) is 11.9 Å². The van der Waals surface area contributed by atoms with Crippen molar-refractivity contribution in [1.82, 2.24) is 9.88 Å². The summed E-state index contributed by atoms with van der Waals surface area (Å²) in [5.74, 6) is -1.73. The fraction of sp³-hybridized carbons (Fsp3) is 0.727. The highest BCUT2D eigenvalue weighted by Gasteiger charge is 2.62. The fourth-order valence-corrected chi connectivity index (χ4v) is 5.09. The Labute approximate surface area is 176 Å². The molecule has 4 fully saturated rings. The first-order valence-corrected chi connectivity index (χ1v) is 10.8. The standard InChI is InChI=1S/C22H30N2O6/c1-21(2)27-15-16(28-21)18-20(30-22(3,4)29-18)26-17(15)19(25)24-11-6-5-9-14(24)13-8-7-10-23-12-13/h7-8,10,12,14-18,20H,5-6,9,11H2,1-4H3/t14-,15+,16-,17-,18-,20+/m1/s1. The van der Waals surface area contributed by atoms with Crippen LogP contribution in [0.3, 0.4) is 0 Å². The molecular weight excluding hydrogens is 388 g/mol. The van der Waals surface area contributed by atoms with E-state index in [4.69, 9.17) is 23.7 Å². The van der Waals surface area contributed by atoms with Gasteiger partial charge < -0.3 is 28.6 Å². The van der Waals surface area contributed by atoms with Crippen molar-refractivity contribution >= 4 is 5.91 Å². The molecule has 5 heterocycles. The van der Waals surface area contributed by atoms with E-state index in [9.17, 15) is 4.79 Å². The molecule has 1 amide bonds. The van der Waals surface area contributed by atoms with Gasteiger partial charge in [0.1, 0.15) is 18.3 Å². The van der Waals surface area contributed by atoms with Crippen molar-refractivity contribution in [2.24, 2.45) is 0 Å². The number of carbonyl (C=O) groups excluding carboxylic acids is 1. The lowest BCUT2D eigenvalue weighted by Crippen LogP contribution is -2.60. The minimum atomic E-state index is -0.827. The predicted molar refractivity (Wildman–Crippen MR) is 105 cm³/mol. The van der Waals surface area contributed by atoms with E-state index >= 15 is 0 Å². The van der Waals surface area contributed by atoms with Gasteiger partial charge in [-0.15, -0.1) is 0 Å². The number of piperidine rings is 1. The van der Waals surface area contributed by atoms with Gasteiger partial charge in [-0.25, -0.2) is 0 Å². The summed E-state index contributed by atoms with van der Waals surface area (Å²) in [6, 6.07) is 3.91. The molecule has 0 saturated carbocycles. The van der Waals surface area contributed by atoms with Gasteiger partial charge in [-0.2, -0.15) is 0 Å². The van der Waals surface area contributed by atoms with E-state index in [1.54, 1.807) is 6.20 Å². The maximum atomic E-state index is 13.8. The number of pyridine rings is 1. The number of likely N-dealkylation sites (tertiary alicyclic amines) is 1. The largest absolute Gasteiger partial charge is 0.342 e. The average molecular weight is 418 g/mol. The van der Waals surface area contributed by atoms with Crippen LogP contribution in [0.2, 0.25) is 0 Å². The first-order valence-electron chi connectivity index (χ1n) is 10.8. The molecule has 164 valence electrons. The lowest BCUT2D eigenvalue weighted by Gasteiger charge is -2.42. The highest BCUT2D eigenvalue weighted by atomic mass is 16.9. The van der Waals surface area contributed by atoms with Crippen LogP contribution in [-0.2, 0) is 28.5 Å². The highest BCUT2D eigenvalue weighted by molar-refractivity contribution is 5.82. The Bertz CT molecular complexity index is 800. The molecule has 0 unspecified atom stereocenters. The zero-order valence-corrected chi connectivity index (χ0v) is 17.9. The van der Waals surface area contributed by atoms with E-state index in [1.165, 1.54) is 0 Å². The summed E-state index contributed by atoms with van der Waals surface area (Å²) in [4.78, 5) is 20.0. The summed E-state index contributed by atoms with van der Waals surface area (Å²) < 4.78 is 30.5. The van der Waals surface area contributed by atoms with E-state index < -0.39 is 42.3 Å². The number of nitrogens with zero attached hydrogens (tertiary/aromatic N) is 2. The first kappa shape index (κ1) is 20.3. The van der Waals surface area contributed by atoms with Gasteiger partial charge in [-0.1, -0.05) is 6.07 Å². The topological polar surface area (TPSA) is 79.4 Å². The zero-order valence-electron chi connectivity index (χ0n) is 17.9. The van der Waals surface area contributed by atoms with Crippen molar-refractivity contribution in [3.8, 4) is 0 Å². The second kappa shape index (κ2) is 7.24. The van der Waals surface area contributed by atoms with Gasteiger partial charge in [0.05, 0.1) is 6.04 Å². The molecule has 4 saturated heterocycles. The van der Waals surface area contributed by atoms with Gasteiger partial charge in [0, 0.05) is 18.9 Å². The Morgan fingerprint density at radius 1 is 1.03 bits per heavy atom. The molecule has 0 aliphatic carbocycles. The van der Waals surface area contributed by atoms with Crippen molar-refractivity contribution in [2.45, 2.75) is 95.3 Å². The summed E-state index contributed by atoms with van der Waals surface area (Å²) in [5, 5.41) is 0. The van der Waals surface area contributed by atoms with Crippen LogP contribution in [0.25, 0.3) is 0 Å². The summed E-state index contributed by atoms with van der Waals surface area (Å²) >= 11 is 0. The molecule has 30 heavy (non-hydrogen) atoms. The molecule has 1 aromatic heterocycles. The van der Waals surface area contributed by atoms with Crippen LogP contribution in [0.4, 0.5) is 0 Å². The predicted octanol–water partition coefficient (Wildman–Crippen LogP) is 2.53. The number of fused-ring (bicyclic) bond motifs is 3. The third-order valence-corrected chi connectivity index (χ3v) is 6.25. The van der Waals surface area contributed by atoms with Gasteiger partial charge >= 0.3 is 0 Å². The number of carbonyl (C=O) groups is 1. The Kier molecular flexibility index (Phi) is 4.91. The van der Waals surface area contributed by atoms with Crippen LogP contribution in [-0.4, -0.2) is 64.6 Å². The number of hydrogen-bond acceptors (Lipinski definition) is 7. The summed E-state index contributed by atoms with van der Waals surface area (Å²) in [5.41, 5.74) is 1.04. The van der Waals surface area contributed by atoms with Crippen molar-refractivity contribution in [3.63, 3.8) is 0 Å². The molecule has 4 aliphatic heterocycles. The lowest BCUT2D eigenvalue weighted by molar-refractivity contribution is -0.235. The molecule has 4 aliphatic rings. The second-order valence-electron chi connectivity index (χ2n) is 9.42. The molecule has 1 aromatic rings. The van der Waals surface area contributed by atoms with Gasteiger partial charge in [0.15, 0.2) is 24.0 Å². The number of amides is 1. The monoisotopic (exact) mass is 418 g/mol. The van der Waals surface area contributed by atoms with E-state index in [0.717, 1.165) is 24.8 Å². The number of hydrogen-bond donors (Lipinski definition) is 0. The van der Waals surface area contributed by atoms with Gasteiger partial charge in [-0.05, 0) is 58.6 Å². The van der Waals surface area contributed by atoms with Crippen molar-refractivity contribution in [3.05, 3.63) is 30.1 Å². The Morgan fingerprint density at radius 3 is 2.53 bits per heavy atom. The number of aromatic nitrogens is 1. The molecule has 8 heteroatoms. The lowest BCUT2D eigenvalue weighted by atomic mass is 9.93. The minimum absolute atomic E-state index is 0.0211. The third-order valence-electron chi connectivity index (χ3n) is 6.25. The number of rotatable bonds is 2. The summed E-state index contributed by atoms with van der Waals surface area (Å²) in [6.07, 6.45) is 3.62. The van der Waals surface area contributed by atoms with Crippen LogP contribution in [0.15, 0.2) is 24.5 Å². The highest BCUT2D eigenvalue weighted by Crippen LogP contribution is 2.45. The molecule has 0 N–H and O–H groups in total. The second-order valence-corrected chi connectivity index (χ2v) is 9.42. The molecular formula is C22H30N2O6. The van der Waals surface area contributed by atoms with Gasteiger partial charge in [-0.3, -0.25) is 9.78 Å². The van der Waals surface area contributed by atoms with Crippen molar-refractivity contribution < 1.29 is 28.5 Å². The quantitative estimate of drug-likeness (QED) is 0.730. The van der Waals surface area contributed by atoms with E-state index in [0.29, 0.717) is 6.54 Å². The zero-order chi connectivity index (χ0) is 21.1. The van der Waals surface area contributed by atoms with Crippen LogP contribution in [0.1, 0.15) is 58.6 Å². The SMILES string of the molecule is CC1(C)O[C@@H]2O[C@@H](C(=O)N3CCCC[C@@H]3c3cccnc3)[C@H]3OC(C)(C)O[C@H]3[C@H]2O1. The third kappa shape index (κ3) is 3.54. The molecule has 0 bridgehead atoms. The molecule has 0 aromatic carbocycles. The van der Waals surface area contributed by atoms with Crippen molar-refractivity contribution in [1.29, 1.82) is 0 Å². The Balaban J connectivity index is 1.44. The molecule has 5 rings (SSSR count). The maximum Gasteiger partial charge on any atom is 0.255 e. The van der Waals surface area contributed by atoms with Gasteiger partial charge in [0.2, 0.25) is 0 Å². The summed E-state index contributed by atoms with van der Waals surface area (Å²) in [6.45, 7) is 8.05. The normalized spacial score (nSPS) is 39.4. The maximum absolute atomic E-state index is 13.8. The fourth-order valence-electron chi connectivity index (χ4n) is 5.09. The number of ether oxygens (including phenoxy) is 5. The average Bonchev–Trinajstić information content (AvgIpc) is 3.21.